The smallest absolute Gasteiger partial charge is 0.167 e. The SMILES string of the molecule is O=C1CCSCc2c(F)ccc(F)c21. The van der Waals surface area contributed by atoms with Crippen molar-refractivity contribution in [1.29, 1.82) is 0 Å². The quantitative estimate of drug-likeness (QED) is 0.660. The summed E-state index contributed by atoms with van der Waals surface area (Å²) in [4.78, 5) is 11.5. The molecule has 0 aliphatic carbocycles. The van der Waals surface area contributed by atoms with Gasteiger partial charge in [0.25, 0.3) is 0 Å². The van der Waals surface area contributed by atoms with Gasteiger partial charge < -0.3 is 0 Å². The van der Waals surface area contributed by atoms with Gasteiger partial charge in [0, 0.05) is 23.5 Å². The molecule has 2 rings (SSSR count). The van der Waals surface area contributed by atoms with Crippen molar-refractivity contribution in [3.63, 3.8) is 0 Å². The van der Waals surface area contributed by atoms with E-state index in [0.29, 0.717) is 11.5 Å². The van der Waals surface area contributed by atoms with Crippen LogP contribution in [0.5, 0.6) is 0 Å². The fourth-order valence-corrected chi connectivity index (χ4v) is 2.46. The first-order chi connectivity index (χ1) is 6.70. The van der Waals surface area contributed by atoms with Gasteiger partial charge in [-0.15, -0.1) is 0 Å². The van der Waals surface area contributed by atoms with Crippen molar-refractivity contribution in [3.8, 4) is 0 Å². The highest BCUT2D eigenvalue weighted by atomic mass is 32.2. The van der Waals surface area contributed by atoms with Crippen molar-refractivity contribution in [2.45, 2.75) is 12.2 Å². The molecule has 0 atom stereocenters. The van der Waals surface area contributed by atoms with Gasteiger partial charge in [-0.3, -0.25) is 4.79 Å². The molecular formula is C10H8F2OS. The fourth-order valence-electron chi connectivity index (χ4n) is 1.50. The molecule has 74 valence electrons. The Kier molecular flexibility index (Phi) is 2.54. The minimum Gasteiger partial charge on any atom is -0.294 e. The third-order valence-electron chi connectivity index (χ3n) is 2.20. The largest absolute Gasteiger partial charge is 0.294 e. The molecule has 14 heavy (non-hydrogen) atoms. The van der Waals surface area contributed by atoms with Gasteiger partial charge in [0.2, 0.25) is 0 Å². The monoisotopic (exact) mass is 214 g/mol. The maximum atomic E-state index is 13.3. The number of hydrogen-bond acceptors (Lipinski definition) is 2. The molecule has 1 heterocycles. The van der Waals surface area contributed by atoms with Crippen LogP contribution in [0.15, 0.2) is 12.1 Å². The highest BCUT2D eigenvalue weighted by molar-refractivity contribution is 7.98. The maximum Gasteiger partial charge on any atom is 0.167 e. The second-order valence-corrected chi connectivity index (χ2v) is 4.21. The number of rotatable bonds is 0. The molecule has 0 unspecified atom stereocenters. The van der Waals surface area contributed by atoms with Crippen LogP contribution in [0.4, 0.5) is 8.78 Å². The van der Waals surface area contributed by atoms with Crippen LogP contribution in [0, 0.1) is 11.6 Å². The zero-order valence-electron chi connectivity index (χ0n) is 7.35. The summed E-state index contributed by atoms with van der Waals surface area (Å²) in [6.07, 6.45) is 0.290. The Hall–Kier alpha value is -0.900. The molecule has 0 amide bonds. The van der Waals surface area contributed by atoms with E-state index in [4.69, 9.17) is 0 Å². The average molecular weight is 214 g/mol. The molecule has 0 saturated carbocycles. The number of ketones is 1. The second-order valence-electron chi connectivity index (χ2n) is 3.11. The third kappa shape index (κ3) is 1.54. The number of halogens is 2. The van der Waals surface area contributed by atoms with Gasteiger partial charge in [0.05, 0.1) is 5.56 Å². The first kappa shape index (κ1) is 9.65. The van der Waals surface area contributed by atoms with Crippen molar-refractivity contribution in [1.82, 2.24) is 0 Å². The summed E-state index contributed by atoms with van der Waals surface area (Å²) < 4.78 is 26.6. The first-order valence-electron chi connectivity index (χ1n) is 4.28. The highest BCUT2D eigenvalue weighted by Crippen LogP contribution is 2.27. The van der Waals surface area contributed by atoms with E-state index < -0.39 is 11.6 Å². The molecule has 1 aromatic rings. The zero-order valence-corrected chi connectivity index (χ0v) is 8.16. The molecule has 4 heteroatoms. The highest BCUT2D eigenvalue weighted by Gasteiger charge is 2.22. The predicted molar refractivity (Wildman–Crippen MR) is 51.5 cm³/mol. The van der Waals surface area contributed by atoms with Crippen LogP contribution < -0.4 is 0 Å². The number of thioether (sulfide) groups is 1. The van der Waals surface area contributed by atoms with Crippen molar-refractivity contribution >= 4 is 17.5 Å². The molecule has 1 aliphatic rings. The van der Waals surface area contributed by atoms with Crippen LogP contribution in [0.2, 0.25) is 0 Å². The minimum atomic E-state index is -0.603. The number of fused-ring (bicyclic) bond motifs is 1. The summed E-state index contributed by atoms with van der Waals surface area (Å²) in [6.45, 7) is 0. The van der Waals surface area contributed by atoms with E-state index in [9.17, 15) is 13.6 Å². The van der Waals surface area contributed by atoms with Gasteiger partial charge in [-0.1, -0.05) is 0 Å². The van der Waals surface area contributed by atoms with Crippen LogP contribution in [0.25, 0.3) is 0 Å². The number of carbonyl (C=O) groups excluding carboxylic acids is 1. The van der Waals surface area contributed by atoms with E-state index >= 15 is 0 Å². The molecular weight excluding hydrogens is 206 g/mol. The maximum absolute atomic E-state index is 13.3. The number of benzene rings is 1. The summed E-state index contributed by atoms with van der Waals surface area (Å²) in [5, 5.41) is 0. The number of carbonyl (C=O) groups is 1. The van der Waals surface area contributed by atoms with Crippen molar-refractivity contribution in [2.75, 3.05) is 5.75 Å². The Morgan fingerprint density at radius 1 is 1.21 bits per heavy atom. The van der Waals surface area contributed by atoms with Crippen LogP contribution in [-0.2, 0) is 5.75 Å². The topological polar surface area (TPSA) is 17.1 Å². The molecule has 0 saturated heterocycles. The van der Waals surface area contributed by atoms with E-state index in [1.165, 1.54) is 11.8 Å². The molecule has 0 radical (unpaired) electrons. The first-order valence-corrected chi connectivity index (χ1v) is 5.43. The lowest BCUT2D eigenvalue weighted by Crippen LogP contribution is -2.06. The summed E-state index contributed by atoms with van der Waals surface area (Å²) in [5.41, 5.74) is 0.174. The zero-order chi connectivity index (χ0) is 10.1. The Morgan fingerprint density at radius 2 is 1.93 bits per heavy atom. The molecule has 0 N–H and O–H groups in total. The van der Waals surface area contributed by atoms with Crippen LogP contribution in [-0.4, -0.2) is 11.5 Å². The molecule has 1 nitrogen and oxygen atoms in total. The minimum absolute atomic E-state index is 0.0463. The molecule has 0 aromatic heterocycles. The predicted octanol–water partition coefficient (Wildman–Crippen LogP) is 2.78. The van der Waals surface area contributed by atoms with Crippen LogP contribution >= 0.6 is 11.8 Å². The normalized spacial score (nSPS) is 16.3. The summed E-state index contributed by atoms with van der Waals surface area (Å²) in [7, 11) is 0. The molecule has 0 bridgehead atoms. The van der Waals surface area contributed by atoms with E-state index in [2.05, 4.69) is 0 Å². The molecule has 0 spiro atoms. The summed E-state index contributed by atoms with van der Waals surface area (Å²) in [6, 6.07) is 2.09. The van der Waals surface area contributed by atoms with Crippen molar-refractivity contribution in [3.05, 3.63) is 34.9 Å². The fraction of sp³-hybridized carbons (Fsp3) is 0.300. The van der Waals surface area contributed by atoms with Crippen LogP contribution in [0.1, 0.15) is 22.3 Å². The van der Waals surface area contributed by atoms with Gasteiger partial charge in [0.15, 0.2) is 5.78 Å². The Bertz CT molecular complexity index is 390. The van der Waals surface area contributed by atoms with Gasteiger partial charge in [-0.05, 0) is 12.1 Å². The van der Waals surface area contributed by atoms with E-state index in [1.54, 1.807) is 0 Å². The number of Topliss-reactive ketones (excluding diaryl/α,β-unsaturated/α-hetero) is 1. The van der Waals surface area contributed by atoms with E-state index in [1.807, 2.05) is 0 Å². The lowest BCUT2D eigenvalue weighted by Gasteiger charge is -2.05. The molecule has 0 fully saturated rings. The standard InChI is InChI=1S/C10H8F2OS/c11-7-1-2-8(12)10-6(7)5-14-4-3-9(10)13/h1-2H,3-5H2. The van der Waals surface area contributed by atoms with E-state index in [-0.39, 0.29) is 23.3 Å². The number of hydrogen-bond donors (Lipinski definition) is 0. The third-order valence-corrected chi connectivity index (χ3v) is 3.19. The molecule has 1 aliphatic heterocycles. The van der Waals surface area contributed by atoms with Gasteiger partial charge >= 0.3 is 0 Å². The molecule has 1 aromatic carbocycles. The summed E-state index contributed by atoms with van der Waals surface area (Å²) in [5.74, 6) is -0.364. The van der Waals surface area contributed by atoms with Crippen LogP contribution in [0.3, 0.4) is 0 Å². The Labute approximate surface area is 84.5 Å². The Morgan fingerprint density at radius 3 is 2.71 bits per heavy atom. The van der Waals surface area contributed by atoms with Crippen molar-refractivity contribution in [2.24, 2.45) is 0 Å². The lowest BCUT2D eigenvalue weighted by molar-refractivity contribution is 0.0985. The summed E-state index contributed by atoms with van der Waals surface area (Å²) >= 11 is 1.46. The van der Waals surface area contributed by atoms with Gasteiger partial charge in [-0.2, -0.15) is 11.8 Å². The average Bonchev–Trinajstić information content (AvgIpc) is 2.35. The second kappa shape index (κ2) is 3.69. The van der Waals surface area contributed by atoms with Gasteiger partial charge in [0.1, 0.15) is 11.6 Å². The Balaban J connectivity index is 2.62. The van der Waals surface area contributed by atoms with Crippen molar-refractivity contribution < 1.29 is 13.6 Å². The lowest BCUT2D eigenvalue weighted by atomic mass is 10.0. The van der Waals surface area contributed by atoms with E-state index in [0.717, 1.165) is 12.1 Å². The van der Waals surface area contributed by atoms with Gasteiger partial charge in [-0.25, -0.2) is 8.78 Å².